The summed E-state index contributed by atoms with van der Waals surface area (Å²) in [6, 6.07) is 11.0. The van der Waals surface area contributed by atoms with Crippen molar-refractivity contribution in [2.75, 3.05) is 11.4 Å². The Balaban J connectivity index is 1.73. The van der Waals surface area contributed by atoms with Crippen LogP contribution in [0.4, 0.5) is 5.69 Å². The molecular formula is C20H18N4O2S. The summed E-state index contributed by atoms with van der Waals surface area (Å²) in [5.74, 6) is -0.567. The van der Waals surface area contributed by atoms with Crippen molar-refractivity contribution in [3.8, 4) is 10.7 Å². The van der Waals surface area contributed by atoms with E-state index in [1.165, 1.54) is 11.3 Å². The second-order valence-corrected chi connectivity index (χ2v) is 7.38. The van der Waals surface area contributed by atoms with Gasteiger partial charge in [-0.1, -0.05) is 12.1 Å². The predicted molar refractivity (Wildman–Crippen MR) is 105 cm³/mol. The maximum Gasteiger partial charge on any atom is 0.270 e. The van der Waals surface area contributed by atoms with Gasteiger partial charge in [-0.2, -0.15) is 0 Å². The lowest BCUT2D eigenvalue weighted by atomic mass is 9.95. The third kappa shape index (κ3) is 3.10. The van der Waals surface area contributed by atoms with Crippen LogP contribution in [-0.4, -0.2) is 28.3 Å². The number of primary amides is 1. The van der Waals surface area contributed by atoms with E-state index < -0.39 is 5.91 Å². The van der Waals surface area contributed by atoms with Crippen LogP contribution < -0.4 is 10.6 Å². The summed E-state index contributed by atoms with van der Waals surface area (Å²) in [5.41, 5.74) is 9.03. The van der Waals surface area contributed by atoms with Crippen molar-refractivity contribution in [1.82, 2.24) is 9.97 Å². The minimum atomic E-state index is -0.465. The Hall–Kier alpha value is -3.06. The third-order valence-electron chi connectivity index (χ3n) is 4.64. The Kier molecular flexibility index (Phi) is 4.45. The van der Waals surface area contributed by atoms with Gasteiger partial charge in [-0.3, -0.25) is 14.6 Å². The van der Waals surface area contributed by atoms with Gasteiger partial charge in [-0.15, -0.1) is 11.3 Å². The van der Waals surface area contributed by atoms with Gasteiger partial charge >= 0.3 is 0 Å². The number of hydrogen-bond acceptors (Lipinski definition) is 5. The second-order valence-electron chi connectivity index (χ2n) is 6.38. The van der Waals surface area contributed by atoms with Crippen molar-refractivity contribution in [1.29, 1.82) is 0 Å². The van der Waals surface area contributed by atoms with E-state index in [0.717, 1.165) is 34.8 Å². The monoisotopic (exact) mass is 378 g/mol. The van der Waals surface area contributed by atoms with Gasteiger partial charge in [0.05, 0.1) is 11.4 Å². The van der Waals surface area contributed by atoms with Crippen molar-refractivity contribution in [2.24, 2.45) is 5.73 Å². The molecule has 1 aliphatic heterocycles. The Labute approximate surface area is 160 Å². The number of aryl methyl sites for hydroxylation is 1. The lowest BCUT2D eigenvalue weighted by Crippen LogP contribution is -2.36. The molecule has 2 amide bonds. The molecule has 27 heavy (non-hydrogen) atoms. The second kappa shape index (κ2) is 6.92. The van der Waals surface area contributed by atoms with Gasteiger partial charge in [0.1, 0.15) is 9.88 Å². The summed E-state index contributed by atoms with van der Waals surface area (Å²) in [4.78, 5) is 36.2. The summed E-state index contributed by atoms with van der Waals surface area (Å²) in [5, 5.41) is 0.722. The first-order valence-electron chi connectivity index (χ1n) is 8.68. The molecule has 3 aromatic rings. The Morgan fingerprint density at radius 1 is 1.19 bits per heavy atom. The van der Waals surface area contributed by atoms with Gasteiger partial charge in [-0.05, 0) is 49.6 Å². The standard InChI is InChI=1S/C20H18N4O2S/c1-12-17(27-19(23-12)15-8-2-3-10-22-15)20(26)24-11-5-7-13-14(18(21)25)6-4-9-16(13)24/h2-4,6,8-10H,5,7,11H2,1H3,(H2,21,25). The molecule has 0 atom stereocenters. The quantitative estimate of drug-likeness (QED) is 0.758. The molecule has 0 unspecified atom stereocenters. The lowest BCUT2D eigenvalue weighted by Gasteiger charge is -2.30. The highest BCUT2D eigenvalue weighted by molar-refractivity contribution is 7.17. The summed E-state index contributed by atoms with van der Waals surface area (Å²) in [6.45, 7) is 2.44. The number of hydrogen-bond donors (Lipinski definition) is 1. The van der Waals surface area contributed by atoms with Crippen LogP contribution in [0.15, 0.2) is 42.6 Å². The van der Waals surface area contributed by atoms with E-state index in [9.17, 15) is 9.59 Å². The molecule has 0 aliphatic carbocycles. The molecular weight excluding hydrogens is 360 g/mol. The highest BCUT2D eigenvalue weighted by Crippen LogP contribution is 2.33. The number of aromatic nitrogens is 2. The molecule has 136 valence electrons. The summed E-state index contributed by atoms with van der Waals surface area (Å²) < 4.78 is 0. The zero-order chi connectivity index (χ0) is 19.0. The van der Waals surface area contributed by atoms with E-state index in [0.29, 0.717) is 22.7 Å². The number of fused-ring (bicyclic) bond motifs is 1. The number of carbonyl (C=O) groups is 2. The molecule has 1 aromatic carbocycles. The van der Waals surface area contributed by atoms with Crippen LogP contribution in [0.25, 0.3) is 10.7 Å². The molecule has 0 saturated carbocycles. The van der Waals surface area contributed by atoms with Crippen molar-refractivity contribution < 1.29 is 9.59 Å². The van der Waals surface area contributed by atoms with E-state index in [1.807, 2.05) is 31.2 Å². The van der Waals surface area contributed by atoms with Crippen molar-refractivity contribution in [3.05, 3.63) is 64.3 Å². The lowest BCUT2D eigenvalue weighted by molar-refractivity contribution is 0.0979. The number of anilines is 1. The van der Waals surface area contributed by atoms with Crippen molar-refractivity contribution in [3.63, 3.8) is 0 Å². The summed E-state index contributed by atoms with van der Waals surface area (Å²) in [7, 11) is 0. The number of carbonyl (C=O) groups excluding carboxylic acids is 2. The average Bonchev–Trinajstić information content (AvgIpc) is 3.08. The number of rotatable bonds is 3. The van der Waals surface area contributed by atoms with E-state index in [-0.39, 0.29) is 5.91 Å². The minimum Gasteiger partial charge on any atom is -0.366 e. The van der Waals surface area contributed by atoms with E-state index in [4.69, 9.17) is 5.73 Å². The molecule has 0 fully saturated rings. The predicted octanol–water partition coefficient (Wildman–Crippen LogP) is 3.21. The number of benzene rings is 1. The smallest absolute Gasteiger partial charge is 0.270 e. The molecule has 2 aromatic heterocycles. The maximum absolute atomic E-state index is 13.3. The zero-order valence-corrected chi connectivity index (χ0v) is 15.6. The minimum absolute atomic E-state index is 0.102. The molecule has 0 saturated heterocycles. The van der Waals surface area contributed by atoms with Gasteiger partial charge < -0.3 is 10.6 Å². The van der Waals surface area contributed by atoms with Gasteiger partial charge in [0.2, 0.25) is 5.91 Å². The number of amides is 2. The Morgan fingerprint density at radius 2 is 2.04 bits per heavy atom. The largest absolute Gasteiger partial charge is 0.366 e. The van der Waals surface area contributed by atoms with Crippen LogP contribution in [0.5, 0.6) is 0 Å². The molecule has 0 radical (unpaired) electrons. The molecule has 6 nitrogen and oxygen atoms in total. The van der Waals surface area contributed by atoms with Crippen molar-refractivity contribution >= 4 is 28.8 Å². The van der Waals surface area contributed by atoms with Crippen molar-refractivity contribution in [2.45, 2.75) is 19.8 Å². The fraction of sp³-hybridized carbons (Fsp3) is 0.200. The first kappa shape index (κ1) is 17.4. The van der Waals surface area contributed by atoms with E-state index in [2.05, 4.69) is 9.97 Å². The Morgan fingerprint density at radius 3 is 2.78 bits per heavy atom. The Bertz CT molecular complexity index is 1030. The van der Waals surface area contributed by atoms with Crippen LogP contribution >= 0.6 is 11.3 Å². The average molecular weight is 378 g/mol. The first-order valence-corrected chi connectivity index (χ1v) is 9.50. The highest BCUT2D eigenvalue weighted by atomic mass is 32.1. The molecule has 2 N–H and O–H groups in total. The molecule has 3 heterocycles. The van der Waals surface area contributed by atoms with E-state index in [1.54, 1.807) is 23.2 Å². The summed E-state index contributed by atoms with van der Waals surface area (Å²) in [6.07, 6.45) is 3.23. The molecule has 4 rings (SSSR count). The van der Waals surface area contributed by atoms with Crippen LogP contribution in [0.2, 0.25) is 0 Å². The van der Waals surface area contributed by atoms with E-state index >= 15 is 0 Å². The molecule has 1 aliphatic rings. The molecule has 7 heteroatoms. The number of pyridine rings is 1. The highest BCUT2D eigenvalue weighted by Gasteiger charge is 2.28. The van der Waals surface area contributed by atoms with Crippen LogP contribution in [0.1, 0.15) is 37.7 Å². The van der Waals surface area contributed by atoms with Crippen LogP contribution in [-0.2, 0) is 6.42 Å². The first-order chi connectivity index (χ1) is 13.1. The van der Waals surface area contributed by atoms with Crippen LogP contribution in [0.3, 0.4) is 0 Å². The zero-order valence-electron chi connectivity index (χ0n) is 14.8. The van der Waals surface area contributed by atoms with Gasteiger partial charge in [0, 0.05) is 24.0 Å². The van der Waals surface area contributed by atoms with Gasteiger partial charge in [0.25, 0.3) is 5.91 Å². The van der Waals surface area contributed by atoms with Gasteiger partial charge in [0.15, 0.2) is 0 Å². The van der Waals surface area contributed by atoms with Crippen LogP contribution in [0, 0.1) is 6.92 Å². The number of nitrogens with two attached hydrogens (primary N) is 1. The fourth-order valence-electron chi connectivity index (χ4n) is 3.38. The summed E-state index contributed by atoms with van der Waals surface area (Å²) >= 11 is 1.34. The fourth-order valence-corrected chi connectivity index (χ4v) is 4.37. The molecule has 0 spiro atoms. The third-order valence-corrected chi connectivity index (χ3v) is 5.80. The van der Waals surface area contributed by atoms with Gasteiger partial charge in [-0.25, -0.2) is 4.98 Å². The molecule has 0 bridgehead atoms. The SMILES string of the molecule is Cc1nc(-c2ccccn2)sc1C(=O)N1CCCc2c(C(N)=O)cccc21. The maximum atomic E-state index is 13.3. The normalized spacial score (nSPS) is 13.3. The number of nitrogens with zero attached hydrogens (tertiary/aromatic N) is 3. The topological polar surface area (TPSA) is 89.2 Å². The number of thiazole rings is 1.